The Balaban J connectivity index is 2.51. The van der Waals surface area contributed by atoms with Gasteiger partial charge in [0.2, 0.25) is 0 Å². The van der Waals surface area contributed by atoms with Crippen molar-refractivity contribution in [3.63, 3.8) is 0 Å². The van der Waals surface area contributed by atoms with E-state index in [1.54, 1.807) is 7.11 Å². The average molecular weight is 305 g/mol. The van der Waals surface area contributed by atoms with E-state index in [0.717, 1.165) is 29.8 Å². The monoisotopic (exact) mass is 305 g/mol. The highest BCUT2D eigenvalue weighted by atomic mass is 32.1. The molecular weight excluding hydrogens is 282 g/mol. The molecule has 0 aliphatic rings. The van der Waals surface area contributed by atoms with Crippen molar-refractivity contribution in [2.75, 3.05) is 14.2 Å². The summed E-state index contributed by atoms with van der Waals surface area (Å²) in [5.74, 6) is 0.949. The van der Waals surface area contributed by atoms with Crippen LogP contribution >= 0.6 is 11.5 Å². The molecule has 21 heavy (non-hydrogen) atoms. The van der Waals surface area contributed by atoms with Crippen molar-refractivity contribution in [1.82, 2.24) is 14.9 Å². The number of aryl methyl sites for hydroxylation is 2. The van der Waals surface area contributed by atoms with E-state index < -0.39 is 0 Å². The predicted molar refractivity (Wildman–Crippen MR) is 87.3 cm³/mol. The summed E-state index contributed by atoms with van der Waals surface area (Å²) in [4.78, 5) is 1.18. The van der Waals surface area contributed by atoms with E-state index >= 15 is 0 Å². The van der Waals surface area contributed by atoms with E-state index in [9.17, 15) is 0 Å². The summed E-state index contributed by atoms with van der Waals surface area (Å²) in [6, 6.07) is 4.35. The smallest absolute Gasteiger partial charge is 0.127 e. The van der Waals surface area contributed by atoms with E-state index in [-0.39, 0.29) is 6.04 Å². The molecule has 0 amide bonds. The summed E-state index contributed by atoms with van der Waals surface area (Å²) >= 11 is 1.47. The molecule has 114 valence electrons. The molecule has 0 aliphatic carbocycles. The van der Waals surface area contributed by atoms with E-state index in [0.29, 0.717) is 0 Å². The number of aromatic nitrogens is 2. The summed E-state index contributed by atoms with van der Waals surface area (Å²) < 4.78 is 9.80. The van der Waals surface area contributed by atoms with Crippen LogP contribution in [0.5, 0.6) is 5.75 Å². The second-order valence-electron chi connectivity index (χ2n) is 5.19. The Morgan fingerprint density at radius 3 is 2.71 bits per heavy atom. The first-order valence-corrected chi connectivity index (χ1v) is 8.03. The van der Waals surface area contributed by atoms with Gasteiger partial charge in [0.05, 0.1) is 23.7 Å². The van der Waals surface area contributed by atoms with Crippen LogP contribution in [-0.2, 0) is 6.42 Å². The van der Waals surface area contributed by atoms with Crippen LogP contribution in [-0.4, -0.2) is 23.7 Å². The van der Waals surface area contributed by atoms with Gasteiger partial charge in [-0.2, -0.15) is 0 Å². The van der Waals surface area contributed by atoms with Gasteiger partial charge in [-0.1, -0.05) is 30.0 Å². The Bertz CT molecular complexity index is 610. The highest BCUT2D eigenvalue weighted by Crippen LogP contribution is 2.36. The number of rotatable bonds is 6. The van der Waals surface area contributed by atoms with Crippen molar-refractivity contribution in [2.45, 2.75) is 39.7 Å². The third-order valence-corrected chi connectivity index (χ3v) is 4.68. The zero-order chi connectivity index (χ0) is 15.4. The number of methoxy groups -OCH3 is 1. The highest BCUT2D eigenvalue weighted by molar-refractivity contribution is 7.05. The Morgan fingerprint density at radius 1 is 1.33 bits per heavy atom. The summed E-state index contributed by atoms with van der Waals surface area (Å²) in [7, 11) is 3.70. The maximum Gasteiger partial charge on any atom is 0.127 e. The van der Waals surface area contributed by atoms with Crippen LogP contribution in [0.4, 0.5) is 0 Å². The van der Waals surface area contributed by atoms with Crippen molar-refractivity contribution in [3.05, 3.63) is 39.4 Å². The number of ether oxygens (including phenoxy) is 1. The number of hydrogen-bond donors (Lipinski definition) is 1. The maximum absolute atomic E-state index is 5.66. The van der Waals surface area contributed by atoms with E-state index in [1.807, 2.05) is 7.05 Å². The number of hydrogen-bond acceptors (Lipinski definition) is 5. The zero-order valence-electron chi connectivity index (χ0n) is 13.4. The van der Waals surface area contributed by atoms with Crippen LogP contribution in [0.1, 0.15) is 46.6 Å². The molecule has 1 unspecified atom stereocenters. The topological polar surface area (TPSA) is 47.0 Å². The molecule has 0 saturated heterocycles. The second kappa shape index (κ2) is 7.00. The number of benzene rings is 1. The van der Waals surface area contributed by atoms with E-state index in [4.69, 9.17) is 4.74 Å². The molecule has 0 saturated carbocycles. The predicted octanol–water partition coefficient (Wildman–Crippen LogP) is 3.42. The van der Waals surface area contributed by atoms with E-state index in [1.165, 1.54) is 27.5 Å². The molecule has 0 aliphatic heterocycles. The molecule has 5 heteroatoms. The molecule has 1 atom stereocenters. The van der Waals surface area contributed by atoms with Gasteiger partial charge in [-0.15, -0.1) is 5.10 Å². The average Bonchev–Trinajstić information content (AvgIpc) is 2.92. The van der Waals surface area contributed by atoms with Gasteiger partial charge in [0.25, 0.3) is 0 Å². The molecule has 0 spiro atoms. The van der Waals surface area contributed by atoms with Crippen molar-refractivity contribution < 1.29 is 4.74 Å². The molecular formula is C16H23N3OS. The molecule has 0 radical (unpaired) electrons. The SMILES string of the molecule is CCCc1nnsc1C(NC)c1ccc(C)c(C)c1OC. The van der Waals surface area contributed by atoms with Crippen LogP contribution in [0.3, 0.4) is 0 Å². The Morgan fingerprint density at radius 2 is 2.10 bits per heavy atom. The Labute approximate surface area is 130 Å². The van der Waals surface area contributed by atoms with Gasteiger partial charge in [0.15, 0.2) is 0 Å². The zero-order valence-corrected chi connectivity index (χ0v) is 14.2. The summed E-state index contributed by atoms with van der Waals surface area (Å²) in [5, 5.41) is 7.67. The standard InChI is InChI=1S/C16H23N3OS/c1-6-7-13-16(21-19-18-13)14(17-4)12-9-8-10(2)11(3)15(12)20-5/h8-9,14,17H,6-7H2,1-5H3. The summed E-state index contributed by atoms with van der Waals surface area (Å²) in [5.41, 5.74) is 4.65. The molecule has 2 rings (SSSR count). The van der Waals surface area contributed by atoms with Gasteiger partial charge in [0.1, 0.15) is 5.75 Å². The van der Waals surface area contributed by atoms with Crippen LogP contribution in [0.2, 0.25) is 0 Å². The van der Waals surface area contributed by atoms with Crippen LogP contribution < -0.4 is 10.1 Å². The fourth-order valence-corrected chi connectivity index (χ4v) is 3.41. The summed E-state index contributed by atoms with van der Waals surface area (Å²) in [6.07, 6.45) is 2.02. The second-order valence-corrected chi connectivity index (χ2v) is 5.97. The Hall–Kier alpha value is -1.46. The quantitative estimate of drug-likeness (QED) is 0.888. The molecule has 1 aromatic carbocycles. The fourth-order valence-electron chi connectivity index (χ4n) is 2.58. The minimum atomic E-state index is 0.0702. The van der Waals surface area contributed by atoms with Crippen molar-refractivity contribution in [1.29, 1.82) is 0 Å². The third kappa shape index (κ3) is 3.09. The molecule has 1 N–H and O–H groups in total. The normalized spacial score (nSPS) is 12.4. The Kier molecular flexibility index (Phi) is 5.31. The van der Waals surface area contributed by atoms with Gasteiger partial charge < -0.3 is 10.1 Å². The molecule has 1 heterocycles. The third-order valence-electron chi connectivity index (χ3n) is 3.85. The first-order chi connectivity index (χ1) is 10.1. The molecule has 2 aromatic rings. The van der Waals surface area contributed by atoms with Crippen LogP contribution in [0.15, 0.2) is 12.1 Å². The fraction of sp³-hybridized carbons (Fsp3) is 0.500. The van der Waals surface area contributed by atoms with Crippen LogP contribution in [0.25, 0.3) is 0 Å². The lowest BCUT2D eigenvalue weighted by Gasteiger charge is -2.21. The minimum Gasteiger partial charge on any atom is -0.496 e. The molecule has 0 fully saturated rings. The van der Waals surface area contributed by atoms with Gasteiger partial charge in [-0.05, 0) is 50.0 Å². The first-order valence-electron chi connectivity index (χ1n) is 7.26. The van der Waals surface area contributed by atoms with E-state index in [2.05, 4.69) is 47.8 Å². The lowest BCUT2D eigenvalue weighted by molar-refractivity contribution is 0.402. The molecule has 4 nitrogen and oxygen atoms in total. The highest BCUT2D eigenvalue weighted by Gasteiger charge is 2.23. The minimum absolute atomic E-state index is 0.0702. The van der Waals surface area contributed by atoms with Gasteiger partial charge >= 0.3 is 0 Å². The lowest BCUT2D eigenvalue weighted by Crippen LogP contribution is -2.19. The number of nitrogens with one attached hydrogen (secondary N) is 1. The first kappa shape index (κ1) is 15.9. The van der Waals surface area contributed by atoms with Crippen molar-refractivity contribution in [2.24, 2.45) is 0 Å². The van der Waals surface area contributed by atoms with Gasteiger partial charge in [-0.25, -0.2) is 0 Å². The van der Waals surface area contributed by atoms with Gasteiger partial charge in [0, 0.05) is 5.56 Å². The van der Waals surface area contributed by atoms with Crippen LogP contribution in [0, 0.1) is 13.8 Å². The summed E-state index contributed by atoms with van der Waals surface area (Å²) in [6.45, 7) is 6.36. The molecule has 1 aromatic heterocycles. The molecule has 0 bridgehead atoms. The maximum atomic E-state index is 5.66. The number of nitrogens with zero attached hydrogens (tertiary/aromatic N) is 2. The largest absolute Gasteiger partial charge is 0.496 e. The van der Waals surface area contributed by atoms with Crippen molar-refractivity contribution in [3.8, 4) is 5.75 Å². The van der Waals surface area contributed by atoms with Crippen molar-refractivity contribution >= 4 is 11.5 Å². The van der Waals surface area contributed by atoms with Gasteiger partial charge in [-0.3, -0.25) is 0 Å². The lowest BCUT2D eigenvalue weighted by atomic mass is 9.97.